The molecule has 0 amide bonds. The van der Waals surface area contributed by atoms with Crippen LogP contribution >= 0.6 is 11.8 Å². The maximum Gasteiger partial charge on any atom is 0.0578 e. The van der Waals surface area contributed by atoms with Gasteiger partial charge in [-0.2, -0.15) is 5.10 Å². The zero-order valence-corrected chi connectivity index (χ0v) is 10.1. The number of hydrogen-bond donors (Lipinski definition) is 0. The second-order valence-corrected chi connectivity index (χ2v) is 5.39. The van der Waals surface area contributed by atoms with Crippen LogP contribution in [0.4, 0.5) is 0 Å². The molecule has 3 nitrogen and oxygen atoms in total. The molecule has 2 atom stereocenters. The van der Waals surface area contributed by atoms with E-state index < -0.39 is 0 Å². The number of nitrogens with zero attached hydrogens (tertiary/aromatic N) is 3. The number of aromatic nitrogens is 2. The van der Waals surface area contributed by atoms with Crippen molar-refractivity contribution in [2.75, 3.05) is 0 Å². The molecule has 1 aromatic heterocycles. The molecular formula is C12H13N3S. The lowest BCUT2D eigenvalue weighted by Crippen LogP contribution is -2.20. The molecule has 0 radical (unpaired) electrons. The van der Waals surface area contributed by atoms with Gasteiger partial charge in [-0.25, -0.2) is 0 Å². The van der Waals surface area contributed by atoms with Crippen molar-refractivity contribution in [1.29, 1.82) is 0 Å². The summed E-state index contributed by atoms with van der Waals surface area (Å²) in [4.78, 5) is 5.72. The molecule has 82 valence electrons. The Morgan fingerprint density at radius 1 is 1.44 bits per heavy atom. The van der Waals surface area contributed by atoms with Gasteiger partial charge in [0.15, 0.2) is 0 Å². The topological polar surface area (TPSA) is 30.2 Å². The van der Waals surface area contributed by atoms with Gasteiger partial charge in [-0.05, 0) is 12.0 Å². The molecule has 0 fully saturated rings. The number of rotatable bonds is 1. The zero-order valence-electron chi connectivity index (χ0n) is 9.29. The molecule has 16 heavy (non-hydrogen) atoms. The fourth-order valence-corrected chi connectivity index (χ4v) is 3.26. The normalized spacial score (nSPS) is 27.6. The largest absolute Gasteiger partial charge is 0.275 e. The molecule has 1 aromatic rings. The van der Waals surface area contributed by atoms with Crippen molar-refractivity contribution in [2.45, 2.75) is 12.2 Å². The molecule has 0 aliphatic carbocycles. The van der Waals surface area contributed by atoms with Crippen LogP contribution in [0.1, 0.15) is 12.5 Å². The van der Waals surface area contributed by atoms with Crippen LogP contribution in [-0.4, -0.2) is 20.7 Å². The Balaban J connectivity index is 1.94. The number of aliphatic imine (C=N–C) groups is 1. The van der Waals surface area contributed by atoms with Crippen molar-refractivity contribution in [3.63, 3.8) is 0 Å². The molecule has 2 unspecified atom stereocenters. The first-order valence-corrected chi connectivity index (χ1v) is 6.24. The Morgan fingerprint density at radius 2 is 2.31 bits per heavy atom. The summed E-state index contributed by atoms with van der Waals surface area (Å²) in [5.41, 5.74) is 2.38. The van der Waals surface area contributed by atoms with Crippen LogP contribution in [0.3, 0.4) is 0 Å². The number of hydrogen-bond acceptors (Lipinski definition) is 3. The highest BCUT2D eigenvalue weighted by Crippen LogP contribution is 2.42. The first kappa shape index (κ1) is 9.90. The van der Waals surface area contributed by atoms with Crippen molar-refractivity contribution in [3.8, 4) is 0 Å². The standard InChI is InChI=1S/C12H13N3S/c1-8-3-4-13-10-5-11(16-12(8)10)9-6-14-15(2)7-9/h3-8,12H,1-2H3. The molecule has 0 saturated heterocycles. The average molecular weight is 231 g/mol. The summed E-state index contributed by atoms with van der Waals surface area (Å²) in [6, 6.07) is 0. The van der Waals surface area contributed by atoms with E-state index in [1.165, 1.54) is 16.2 Å². The smallest absolute Gasteiger partial charge is 0.0578 e. The Hall–Kier alpha value is -1.29. The molecule has 0 N–H and O–H groups in total. The summed E-state index contributed by atoms with van der Waals surface area (Å²) in [5.74, 6) is 0.558. The van der Waals surface area contributed by atoms with Crippen LogP contribution in [0, 0.1) is 5.92 Å². The molecule has 0 spiro atoms. The summed E-state index contributed by atoms with van der Waals surface area (Å²) in [6.45, 7) is 2.24. The summed E-state index contributed by atoms with van der Waals surface area (Å²) in [5, 5.41) is 4.69. The quantitative estimate of drug-likeness (QED) is 0.743. The van der Waals surface area contributed by atoms with Gasteiger partial charge in [0.25, 0.3) is 0 Å². The number of fused-ring (bicyclic) bond motifs is 1. The first-order chi connectivity index (χ1) is 7.74. The number of thioether (sulfide) groups is 1. The van der Waals surface area contributed by atoms with Crippen LogP contribution in [0.5, 0.6) is 0 Å². The molecule has 0 saturated carbocycles. The minimum absolute atomic E-state index is 0.486. The van der Waals surface area contributed by atoms with E-state index >= 15 is 0 Å². The second kappa shape index (κ2) is 3.63. The Bertz CT molecular complexity index is 510. The zero-order chi connectivity index (χ0) is 11.1. The van der Waals surface area contributed by atoms with Crippen molar-refractivity contribution in [1.82, 2.24) is 9.78 Å². The maximum absolute atomic E-state index is 4.44. The summed E-state index contributed by atoms with van der Waals surface area (Å²) in [6.07, 6.45) is 10.2. The van der Waals surface area contributed by atoms with Crippen molar-refractivity contribution < 1.29 is 0 Å². The van der Waals surface area contributed by atoms with Crippen molar-refractivity contribution in [3.05, 3.63) is 36.3 Å². The van der Waals surface area contributed by atoms with E-state index in [1.54, 1.807) is 0 Å². The van der Waals surface area contributed by atoms with Gasteiger partial charge in [0.1, 0.15) is 0 Å². The highest BCUT2D eigenvalue weighted by Gasteiger charge is 2.30. The summed E-state index contributed by atoms with van der Waals surface area (Å²) < 4.78 is 1.84. The molecular weight excluding hydrogens is 218 g/mol. The molecule has 2 aliphatic rings. The summed E-state index contributed by atoms with van der Waals surface area (Å²) >= 11 is 1.89. The predicted molar refractivity (Wildman–Crippen MR) is 68.3 cm³/mol. The number of aryl methyl sites for hydroxylation is 1. The van der Waals surface area contributed by atoms with Gasteiger partial charge in [-0.1, -0.05) is 13.0 Å². The van der Waals surface area contributed by atoms with Gasteiger partial charge in [-0.15, -0.1) is 11.8 Å². The van der Waals surface area contributed by atoms with E-state index in [1.807, 2.05) is 35.9 Å². The van der Waals surface area contributed by atoms with E-state index in [0.29, 0.717) is 11.2 Å². The molecule has 2 aliphatic heterocycles. The first-order valence-electron chi connectivity index (χ1n) is 5.36. The third-order valence-electron chi connectivity index (χ3n) is 2.90. The lowest BCUT2D eigenvalue weighted by Gasteiger charge is -2.18. The maximum atomic E-state index is 4.44. The van der Waals surface area contributed by atoms with E-state index in [9.17, 15) is 0 Å². The van der Waals surface area contributed by atoms with Crippen LogP contribution in [0.2, 0.25) is 0 Å². The Morgan fingerprint density at radius 3 is 3.00 bits per heavy atom. The molecule has 3 rings (SSSR count). The van der Waals surface area contributed by atoms with Crippen molar-refractivity contribution >= 4 is 22.4 Å². The van der Waals surface area contributed by atoms with Gasteiger partial charge in [0.05, 0.1) is 17.2 Å². The van der Waals surface area contributed by atoms with E-state index in [2.05, 4.69) is 35.4 Å². The second-order valence-electron chi connectivity index (χ2n) is 4.20. The average Bonchev–Trinajstić information content (AvgIpc) is 2.84. The monoisotopic (exact) mass is 231 g/mol. The highest BCUT2D eigenvalue weighted by molar-refractivity contribution is 8.10. The van der Waals surface area contributed by atoms with Gasteiger partial charge in [0, 0.05) is 29.9 Å². The predicted octanol–water partition coefficient (Wildman–Crippen LogP) is 2.48. The SMILES string of the molecule is CC1C=CN=C2C=C(c3cnn(C)c3)SC21. The van der Waals surface area contributed by atoms with Gasteiger partial charge in [-0.3, -0.25) is 9.67 Å². The van der Waals surface area contributed by atoms with Gasteiger partial charge < -0.3 is 0 Å². The van der Waals surface area contributed by atoms with E-state index in [4.69, 9.17) is 0 Å². The van der Waals surface area contributed by atoms with Crippen LogP contribution in [-0.2, 0) is 7.05 Å². The van der Waals surface area contributed by atoms with E-state index in [-0.39, 0.29) is 0 Å². The third kappa shape index (κ3) is 1.53. The van der Waals surface area contributed by atoms with E-state index in [0.717, 1.165) is 0 Å². The molecule has 4 heteroatoms. The molecule has 0 aromatic carbocycles. The van der Waals surface area contributed by atoms with Crippen LogP contribution < -0.4 is 0 Å². The van der Waals surface area contributed by atoms with Gasteiger partial charge in [0.2, 0.25) is 0 Å². The molecule has 0 bridgehead atoms. The van der Waals surface area contributed by atoms with Crippen molar-refractivity contribution in [2.24, 2.45) is 18.0 Å². The van der Waals surface area contributed by atoms with Crippen LogP contribution in [0.15, 0.2) is 35.7 Å². The minimum Gasteiger partial charge on any atom is -0.275 e. The minimum atomic E-state index is 0.486. The van der Waals surface area contributed by atoms with Gasteiger partial charge >= 0.3 is 0 Å². The fourth-order valence-electron chi connectivity index (χ4n) is 2.00. The third-order valence-corrected chi connectivity index (χ3v) is 4.44. The van der Waals surface area contributed by atoms with Crippen LogP contribution in [0.25, 0.3) is 4.91 Å². The summed E-state index contributed by atoms with van der Waals surface area (Å²) in [7, 11) is 1.94. The Labute approximate surface area is 99.0 Å². The molecule has 3 heterocycles. The fraction of sp³-hybridized carbons (Fsp3) is 0.333. The number of allylic oxidation sites excluding steroid dienone is 2. The highest BCUT2D eigenvalue weighted by atomic mass is 32.2. The lowest BCUT2D eigenvalue weighted by atomic mass is 10.0. The Kier molecular flexibility index (Phi) is 2.24. The lowest BCUT2D eigenvalue weighted by molar-refractivity contribution is 0.767.